The van der Waals surface area contributed by atoms with Crippen LogP contribution in [0.2, 0.25) is 0 Å². The summed E-state index contributed by atoms with van der Waals surface area (Å²) in [4.78, 5) is 10.1. The highest BCUT2D eigenvalue weighted by molar-refractivity contribution is 6.19. The van der Waals surface area contributed by atoms with Gasteiger partial charge in [0.25, 0.3) is 0 Å². The topological polar surface area (TPSA) is 49.9 Å². The van der Waals surface area contributed by atoms with Gasteiger partial charge in [-0.25, -0.2) is 9.98 Å². The standard InChI is InChI=1S/C39H27N3O/c1-4-12-26(13-5-1)27-20-22-28(23-21-27)33-24-31(25-35-36(33)32-18-10-11-19-34(32)43-35)39-41-37(29-14-6-2-7-15-29)40-38(42-39)30-16-8-3-9-17-30/h1-25,37H,(H,40,41,42). The van der Waals surface area contributed by atoms with Crippen molar-refractivity contribution in [2.24, 2.45) is 9.98 Å². The van der Waals surface area contributed by atoms with Gasteiger partial charge in [-0.1, -0.05) is 133 Å². The Morgan fingerprint density at radius 1 is 0.465 bits per heavy atom. The average Bonchev–Trinajstić information content (AvgIpc) is 3.48. The SMILES string of the molecule is c1ccc(C2=NC(c3ccccc3)N=C(c3cc(-c4ccc(-c5ccccc5)cc4)c4c(c3)oc3ccccc34)N2)cc1. The van der Waals surface area contributed by atoms with Crippen LogP contribution >= 0.6 is 0 Å². The molecule has 1 aliphatic rings. The van der Waals surface area contributed by atoms with E-state index in [0.717, 1.165) is 61.4 Å². The molecule has 2 heterocycles. The molecule has 4 nitrogen and oxygen atoms in total. The molecule has 1 unspecified atom stereocenters. The minimum absolute atomic E-state index is 0.368. The first-order valence-electron chi connectivity index (χ1n) is 14.4. The Morgan fingerprint density at radius 3 is 1.74 bits per heavy atom. The molecule has 1 aliphatic heterocycles. The lowest BCUT2D eigenvalue weighted by Gasteiger charge is -2.22. The zero-order chi connectivity index (χ0) is 28.6. The molecule has 0 amide bonds. The predicted octanol–water partition coefficient (Wildman–Crippen LogP) is 9.42. The summed E-state index contributed by atoms with van der Waals surface area (Å²) in [7, 11) is 0. The molecule has 4 heteroatoms. The largest absolute Gasteiger partial charge is 0.456 e. The van der Waals surface area contributed by atoms with Gasteiger partial charge in [-0.15, -0.1) is 0 Å². The lowest BCUT2D eigenvalue weighted by Crippen LogP contribution is -2.36. The fraction of sp³-hybridized carbons (Fsp3) is 0.0256. The van der Waals surface area contributed by atoms with E-state index in [2.05, 4.69) is 102 Å². The van der Waals surface area contributed by atoms with Crippen LogP contribution in [0, 0.1) is 0 Å². The Hall–Kier alpha value is -5.74. The molecule has 0 radical (unpaired) electrons. The molecule has 1 aromatic heterocycles. The van der Waals surface area contributed by atoms with Gasteiger partial charge in [0.1, 0.15) is 22.8 Å². The van der Waals surface area contributed by atoms with Crippen molar-refractivity contribution in [3.63, 3.8) is 0 Å². The van der Waals surface area contributed by atoms with E-state index in [1.54, 1.807) is 0 Å². The van der Waals surface area contributed by atoms with E-state index in [1.807, 2.05) is 54.6 Å². The zero-order valence-electron chi connectivity index (χ0n) is 23.3. The number of aliphatic imine (C=N–C) groups is 2. The number of benzene rings is 6. The van der Waals surface area contributed by atoms with Crippen LogP contribution < -0.4 is 5.32 Å². The van der Waals surface area contributed by atoms with Gasteiger partial charge in [0, 0.05) is 21.9 Å². The van der Waals surface area contributed by atoms with Gasteiger partial charge in [0.05, 0.1) is 0 Å². The monoisotopic (exact) mass is 553 g/mol. The summed E-state index contributed by atoms with van der Waals surface area (Å²) in [6.45, 7) is 0. The minimum Gasteiger partial charge on any atom is -0.456 e. The number of para-hydroxylation sites is 1. The zero-order valence-corrected chi connectivity index (χ0v) is 23.3. The molecule has 1 atom stereocenters. The number of fused-ring (bicyclic) bond motifs is 3. The summed E-state index contributed by atoms with van der Waals surface area (Å²) in [6, 6.07) is 52.2. The summed E-state index contributed by atoms with van der Waals surface area (Å²) in [5.74, 6) is 1.55. The normalized spacial score (nSPS) is 14.7. The second-order valence-corrected chi connectivity index (χ2v) is 10.7. The van der Waals surface area contributed by atoms with E-state index in [4.69, 9.17) is 14.4 Å². The fourth-order valence-corrected chi connectivity index (χ4v) is 5.81. The van der Waals surface area contributed by atoms with Gasteiger partial charge in [-0.3, -0.25) is 0 Å². The third-order valence-corrected chi connectivity index (χ3v) is 7.94. The highest BCUT2D eigenvalue weighted by atomic mass is 16.3. The second kappa shape index (κ2) is 10.6. The Bertz CT molecular complexity index is 2130. The summed E-state index contributed by atoms with van der Waals surface area (Å²) in [5, 5.41) is 5.74. The Balaban J connectivity index is 1.30. The van der Waals surface area contributed by atoms with Crippen LogP contribution in [0.4, 0.5) is 0 Å². The first-order chi connectivity index (χ1) is 21.3. The molecule has 8 rings (SSSR count). The molecule has 0 spiro atoms. The van der Waals surface area contributed by atoms with Gasteiger partial charge in [-0.2, -0.15) is 0 Å². The van der Waals surface area contributed by atoms with E-state index in [1.165, 1.54) is 11.1 Å². The van der Waals surface area contributed by atoms with E-state index in [-0.39, 0.29) is 6.17 Å². The molecular weight excluding hydrogens is 526 g/mol. The van der Waals surface area contributed by atoms with Crippen molar-refractivity contribution < 1.29 is 4.42 Å². The van der Waals surface area contributed by atoms with Crippen LogP contribution in [0.15, 0.2) is 166 Å². The average molecular weight is 554 g/mol. The minimum atomic E-state index is -0.368. The van der Waals surface area contributed by atoms with Crippen molar-refractivity contribution in [3.05, 3.63) is 168 Å². The molecule has 43 heavy (non-hydrogen) atoms. The molecular formula is C39H27N3O. The van der Waals surface area contributed by atoms with Crippen LogP contribution in [-0.2, 0) is 0 Å². The molecule has 0 bridgehead atoms. The molecule has 0 fully saturated rings. The highest BCUT2D eigenvalue weighted by Gasteiger charge is 2.23. The number of nitrogens with one attached hydrogen (secondary N) is 1. The molecule has 0 saturated heterocycles. The summed E-state index contributed by atoms with van der Waals surface area (Å²) in [5.41, 5.74) is 9.28. The molecule has 1 N–H and O–H groups in total. The third-order valence-electron chi connectivity index (χ3n) is 7.94. The molecule has 0 aliphatic carbocycles. The van der Waals surface area contributed by atoms with Crippen LogP contribution in [0.3, 0.4) is 0 Å². The van der Waals surface area contributed by atoms with E-state index in [0.29, 0.717) is 0 Å². The van der Waals surface area contributed by atoms with Crippen LogP contribution in [0.5, 0.6) is 0 Å². The highest BCUT2D eigenvalue weighted by Crippen LogP contribution is 2.39. The third kappa shape index (κ3) is 4.69. The number of hydrogen-bond donors (Lipinski definition) is 1. The van der Waals surface area contributed by atoms with E-state index < -0.39 is 0 Å². The fourth-order valence-electron chi connectivity index (χ4n) is 5.81. The number of furan rings is 1. The van der Waals surface area contributed by atoms with Gasteiger partial charge in [0.15, 0.2) is 6.17 Å². The van der Waals surface area contributed by atoms with Crippen molar-refractivity contribution in [3.8, 4) is 22.3 Å². The number of rotatable bonds is 5. The van der Waals surface area contributed by atoms with Crippen LogP contribution in [-0.4, -0.2) is 11.7 Å². The first-order valence-corrected chi connectivity index (χ1v) is 14.4. The van der Waals surface area contributed by atoms with Crippen molar-refractivity contribution >= 4 is 33.6 Å². The maximum atomic E-state index is 6.45. The Morgan fingerprint density at radius 2 is 1.02 bits per heavy atom. The summed E-state index contributed by atoms with van der Waals surface area (Å²) in [6.07, 6.45) is -0.368. The lowest BCUT2D eigenvalue weighted by atomic mass is 9.94. The maximum Gasteiger partial charge on any atom is 0.169 e. The predicted molar refractivity (Wildman–Crippen MR) is 176 cm³/mol. The number of hydrogen-bond acceptors (Lipinski definition) is 4. The Kier molecular flexibility index (Phi) is 6.16. The van der Waals surface area contributed by atoms with Crippen molar-refractivity contribution in [1.82, 2.24) is 5.32 Å². The maximum absolute atomic E-state index is 6.45. The van der Waals surface area contributed by atoms with Gasteiger partial charge in [-0.05, 0) is 46.0 Å². The van der Waals surface area contributed by atoms with Crippen LogP contribution in [0.1, 0.15) is 22.9 Å². The lowest BCUT2D eigenvalue weighted by molar-refractivity contribution is 0.669. The van der Waals surface area contributed by atoms with Crippen molar-refractivity contribution in [2.45, 2.75) is 6.17 Å². The molecule has 7 aromatic rings. The van der Waals surface area contributed by atoms with Crippen LogP contribution in [0.25, 0.3) is 44.2 Å². The molecule has 6 aromatic carbocycles. The van der Waals surface area contributed by atoms with Crippen molar-refractivity contribution in [1.29, 1.82) is 0 Å². The first kappa shape index (κ1) is 25.0. The molecule has 0 saturated carbocycles. The Labute approximate surface area is 249 Å². The summed E-state index contributed by atoms with van der Waals surface area (Å²) >= 11 is 0. The van der Waals surface area contributed by atoms with Gasteiger partial charge < -0.3 is 9.73 Å². The second-order valence-electron chi connectivity index (χ2n) is 10.7. The van der Waals surface area contributed by atoms with E-state index >= 15 is 0 Å². The smallest absolute Gasteiger partial charge is 0.169 e. The quantitative estimate of drug-likeness (QED) is 0.231. The van der Waals surface area contributed by atoms with Gasteiger partial charge in [0.2, 0.25) is 0 Å². The van der Waals surface area contributed by atoms with Gasteiger partial charge >= 0.3 is 0 Å². The van der Waals surface area contributed by atoms with E-state index in [9.17, 15) is 0 Å². The molecule has 204 valence electrons. The number of amidine groups is 2. The number of nitrogens with zero attached hydrogens (tertiary/aromatic N) is 2. The summed E-state index contributed by atoms with van der Waals surface area (Å²) < 4.78 is 6.45. The van der Waals surface area contributed by atoms with Crippen molar-refractivity contribution in [2.75, 3.05) is 0 Å².